The van der Waals surface area contributed by atoms with Crippen LogP contribution in [0, 0.1) is 5.92 Å². The molecule has 0 aliphatic heterocycles. The maximum atomic E-state index is 12.4. The van der Waals surface area contributed by atoms with Crippen LogP contribution < -0.4 is 10.0 Å². The van der Waals surface area contributed by atoms with E-state index in [1.807, 2.05) is 20.8 Å². The van der Waals surface area contributed by atoms with Gasteiger partial charge in [0.15, 0.2) is 6.61 Å². The number of benzene rings is 2. The number of nitrogens with one attached hydrogen (secondary N) is 2. The SMILES string of the molecule is CC(C)[C@H](C)NC(=O)COC(=O)c1ccc(S(=O)(=O)Nc2ccccc2)cc1. The molecule has 1 atom stereocenters. The lowest BCUT2D eigenvalue weighted by Crippen LogP contribution is -2.38. The number of para-hydroxylation sites is 1. The lowest BCUT2D eigenvalue weighted by molar-refractivity contribution is -0.125. The molecule has 150 valence electrons. The van der Waals surface area contributed by atoms with Gasteiger partial charge in [0.25, 0.3) is 15.9 Å². The average molecular weight is 404 g/mol. The summed E-state index contributed by atoms with van der Waals surface area (Å²) in [6.45, 7) is 5.41. The second-order valence-corrected chi connectivity index (χ2v) is 8.35. The van der Waals surface area contributed by atoms with E-state index in [-0.39, 0.29) is 28.3 Å². The van der Waals surface area contributed by atoms with Crippen LogP contribution in [0.3, 0.4) is 0 Å². The second-order valence-electron chi connectivity index (χ2n) is 6.67. The molecule has 0 spiro atoms. The normalized spacial score (nSPS) is 12.3. The number of sulfonamides is 1. The molecule has 0 aliphatic rings. The number of rotatable bonds is 8. The van der Waals surface area contributed by atoms with Gasteiger partial charge < -0.3 is 10.1 Å². The Morgan fingerprint density at radius 1 is 0.964 bits per heavy atom. The van der Waals surface area contributed by atoms with E-state index in [0.29, 0.717) is 5.69 Å². The molecule has 0 fully saturated rings. The molecule has 0 unspecified atom stereocenters. The van der Waals surface area contributed by atoms with Gasteiger partial charge in [-0.25, -0.2) is 13.2 Å². The monoisotopic (exact) mass is 404 g/mol. The third kappa shape index (κ3) is 6.09. The van der Waals surface area contributed by atoms with Gasteiger partial charge in [0.2, 0.25) is 0 Å². The van der Waals surface area contributed by atoms with E-state index in [1.165, 1.54) is 24.3 Å². The number of carbonyl (C=O) groups is 2. The van der Waals surface area contributed by atoms with Gasteiger partial charge in [-0.05, 0) is 49.2 Å². The van der Waals surface area contributed by atoms with Crippen LogP contribution >= 0.6 is 0 Å². The Morgan fingerprint density at radius 3 is 2.14 bits per heavy atom. The molecule has 2 aromatic rings. The maximum Gasteiger partial charge on any atom is 0.338 e. The van der Waals surface area contributed by atoms with E-state index < -0.39 is 22.6 Å². The van der Waals surface area contributed by atoms with E-state index in [4.69, 9.17) is 4.74 Å². The first-order valence-corrected chi connectivity index (χ1v) is 10.3. The van der Waals surface area contributed by atoms with Crippen LogP contribution in [0.5, 0.6) is 0 Å². The third-order valence-corrected chi connectivity index (χ3v) is 5.55. The summed E-state index contributed by atoms with van der Waals surface area (Å²) in [5.41, 5.74) is 0.594. The highest BCUT2D eigenvalue weighted by Crippen LogP contribution is 2.16. The number of carbonyl (C=O) groups excluding carboxylic acids is 2. The van der Waals surface area contributed by atoms with Gasteiger partial charge in [-0.2, -0.15) is 0 Å². The van der Waals surface area contributed by atoms with Crippen LogP contribution in [-0.4, -0.2) is 32.9 Å². The molecular weight excluding hydrogens is 380 g/mol. The topological polar surface area (TPSA) is 102 Å². The van der Waals surface area contributed by atoms with Crippen molar-refractivity contribution < 1.29 is 22.7 Å². The van der Waals surface area contributed by atoms with E-state index >= 15 is 0 Å². The van der Waals surface area contributed by atoms with E-state index in [0.717, 1.165) is 0 Å². The number of anilines is 1. The van der Waals surface area contributed by atoms with Crippen molar-refractivity contribution in [2.45, 2.75) is 31.7 Å². The molecule has 2 rings (SSSR count). The maximum absolute atomic E-state index is 12.4. The lowest BCUT2D eigenvalue weighted by Gasteiger charge is -2.17. The second kappa shape index (κ2) is 9.36. The molecule has 7 nitrogen and oxygen atoms in total. The van der Waals surface area contributed by atoms with Crippen LogP contribution in [0.25, 0.3) is 0 Å². The molecule has 2 N–H and O–H groups in total. The van der Waals surface area contributed by atoms with Crippen molar-refractivity contribution in [3.8, 4) is 0 Å². The summed E-state index contributed by atoms with van der Waals surface area (Å²) >= 11 is 0. The molecule has 0 aromatic heterocycles. The first-order valence-electron chi connectivity index (χ1n) is 8.83. The summed E-state index contributed by atoms with van der Waals surface area (Å²) in [5.74, 6) is -0.827. The van der Waals surface area contributed by atoms with Crippen molar-refractivity contribution in [2.24, 2.45) is 5.92 Å². The average Bonchev–Trinajstić information content (AvgIpc) is 2.66. The Hall–Kier alpha value is -2.87. The zero-order chi connectivity index (χ0) is 20.7. The number of ether oxygens (including phenoxy) is 1. The van der Waals surface area contributed by atoms with Gasteiger partial charge in [0, 0.05) is 11.7 Å². The third-order valence-electron chi connectivity index (χ3n) is 4.15. The summed E-state index contributed by atoms with van der Waals surface area (Å²) < 4.78 is 32.2. The molecule has 0 radical (unpaired) electrons. The summed E-state index contributed by atoms with van der Waals surface area (Å²) in [7, 11) is -3.77. The highest BCUT2D eigenvalue weighted by Gasteiger charge is 2.17. The van der Waals surface area contributed by atoms with Crippen molar-refractivity contribution >= 4 is 27.6 Å². The highest BCUT2D eigenvalue weighted by molar-refractivity contribution is 7.92. The van der Waals surface area contributed by atoms with Crippen molar-refractivity contribution in [1.29, 1.82) is 0 Å². The Labute approximate surface area is 165 Å². The summed E-state index contributed by atoms with van der Waals surface area (Å²) in [5, 5.41) is 2.73. The van der Waals surface area contributed by atoms with E-state index in [1.54, 1.807) is 30.3 Å². The van der Waals surface area contributed by atoms with Crippen LogP contribution in [0.4, 0.5) is 5.69 Å². The van der Waals surface area contributed by atoms with Gasteiger partial charge in [-0.1, -0.05) is 32.0 Å². The van der Waals surface area contributed by atoms with E-state index in [2.05, 4.69) is 10.0 Å². The predicted octanol–water partition coefficient (Wildman–Crippen LogP) is 2.80. The minimum absolute atomic E-state index is 0.0106. The Morgan fingerprint density at radius 2 is 1.57 bits per heavy atom. The zero-order valence-electron chi connectivity index (χ0n) is 16.0. The molecule has 0 saturated carbocycles. The number of hydrogen-bond acceptors (Lipinski definition) is 5. The van der Waals surface area contributed by atoms with Crippen LogP contribution in [0.2, 0.25) is 0 Å². The van der Waals surface area contributed by atoms with Crippen molar-refractivity contribution in [3.63, 3.8) is 0 Å². The van der Waals surface area contributed by atoms with Gasteiger partial charge in [-0.3, -0.25) is 9.52 Å². The standard InChI is InChI=1S/C20H24N2O5S/c1-14(2)15(3)21-19(23)13-27-20(24)16-9-11-18(12-10-16)28(25,26)22-17-7-5-4-6-8-17/h4-12,14-15,22H,13H2,1-3H3,(H,21,23)/t15-/m0/s1. The minimum Gasteiger partial charge on any atom is -0.452 e. The molecule has 1 amide bonds. The smallest absolute Gasteiger partial charge is 0.338 e. The Kier molecular flexibility index (Phi) is 7.17. The molecular formula is C20H24N2O5S. The quantitative estimate of drug-likeness (QED) is 0.659. The van der Waals surface area contributed by atoms with Crippen molar-refractivity contribution in [2.75, 3.05) is 11.3 Å². The Balaban J connectivity index is 1.96. The van der Waals surface area contributed by atoms with Crippen molar-refractivity contribution in [3.05, 3.63) is 60.2 Å². The number of amides is 1. The molecule has 0 heterocycles. The van der Waals surface area contributed by atoms with Gasteiger partial charge >= 0.3 is 5.97 Å². The van der Waals surface area contributed by atoms with Gasteiger partial charge in [0.05, 0.1) is 10.5 Å². The molecule has 0 saturated heterocycles. The molecule has 0 aliphatic carbocycles. The summed E-state index contributed by atoms with van der Waals surface area (Å²) in [6.07, 6.45) is 0. The largest absolute Gasteiger partial charge is 0.452 e. The molecule has 0 bridgehead atoms. The van der Waals surface area contributed by atoms with Crippen molar-refractivity contribution in [1.82, 2.24) is 5.32 Å². The predicted molar refractivity (Wildman–Crippen MR) is 106 cm³/mol. The van der Waals surface area contributed by atoms with E-state index in [9.17, 15) is 18.0 Å². The lowest BCUT2D eigenvalue weighted by atomic mass is 10.1. The zero-order valence-corrected chi connectivity index (χ0v) is 16.8. The highest BCUT2D eigenvalue weighted by atomic mass is 32.2. The fourth-order valence-electron chi connectivity index (χ4n) is 2.17. The number of esters is 1. The Bertz CT molecular complexity index is 909. The molecule has 8 heteroatoms. The van der Waals surface area contributed by atoms with Crippen LogP contribution in [0.15, 0.2) is 59.5 Å². The first kappa shape index (κ1) is 21.4. The minimum atomic E-state index is -3.77. The molecule has 2 aromatic carbocycles. The summed E-state index contributed by atoms with van der Waals surface area (Å²) in [6, 6.07) is 13.8. The summed E-state index contributed by atoms with van der Waals surface area (Å²) in [4.78, 5) is 23.8. The van der Waals surface area contributed by atoms with Gasteiger partial charge in [-0.15, -0.1) is 0 Å². The number of hydrogen-bond donors (Lipinski definition) is 2. The first-order chi connectivity index (χ1) is 13.2. The van der Waals surface area contributed by atoms with Gasteiger partial charge in [0.1, 0.15) is 0 Å². The fraction of sp³-hybridized carbons (Fsp3) is 0.300. The fourth-order valence-corrected chi connectivity index (χ4v) is 3.23. The van der Waals surface area contributed by atoms with Crippen LogP contribution in [-0.2, 0) is 19.6 Å². The van der Waals surface area contributed by atoms with Crippen LogP contribution in [0.1, 0.15) is 31.1 Å². The molecule has 28 heavy (non-hydrogen) atoms.